The van der Waals surface area contributed by atoms with Crippen LogP contribution in [0.1, 0.15) is 39.5 Å². The van der Waals surface area contributed by atoms with E-state index in [-0.39, 0.29) is 24.8 Å². The summed E-state index contributed by atoms with van der Waals surface area (Å²) in [6, 6.07) is -5.26. The number of nitrogens with one attached hydrogen (secondary N) is 3. The van der Waals surface area contributed by atoms with E-state index in [1.54, 1.807) is 13.8 Å². The summed E-state index contributed by atoms with van der Waals surface area (Å²) < 4.78 is 0. The van der Waals surface area contributed by atoms with Gasteiger partial charge in [-0.3, -0.25) is 24.2 Å². The molecular weight excluding hydrogens is 452 g/mol. The van der Waals surface area contributed by atoms with E-state index < -0.39 is 66.8 Å². The molecule has 0 aromatic carbocycles. The van der Waals surface area contributed by atoms with Gasteiger partial charge in [-0.25, -0.2) is 4.79 Å². The minimum atomic E-state index is -1.65. The van der Waals surface area contributed by atoms with E-state index in [9.17, 15) is 24.0 Å². The summed E-state index contributed by atoms with van der Waals surface area (Å²) in [4.78, 5) is 64.1. The molecule has 13 N–H and O–H groups in total. The van der Waals surface area contributed by atoms with Crippen LogP contribution < -0.4 is 38.9 Å². The van der Waals surface area contributed by atoms with Gasteiger partial charge >= 0.3 is 5.97 Å². The molecule has 34 heavy (non-hydrogen) atoms. The van der Waals surface area contributed by atoms with Gasteiger partial charge in [0.2, 0.25) is 23.6 Å². The molecule has 4 amide bonds. The average molecular weight is 489 g/mol. The van der Waals surface area contributed by atoms with Gasteiger partial charge in [0.05, 0.1) is 19.1 Å². The maximum Gasteiger partial charge on any atom is 0.328 e. The Morgan fingerprint density at radius 3 is 2.00 bits per heavy atom. The lowest BCUT2D eigenvalue weighted by atomic mass is 9.97. The number of aliphatic carboxylic acids is 1. The first kappa shape index (κ1) is 30.5. The van der Waals surface area contributed by atoms with Crippen molar-refractivity contribution in [2.24, 2.45) is 33.8 Å². The van der Waals surface area contributed by atoms with E-state index in [2.05, 4.69) is 15.6 Å². The third-order valence-corrected chi connectivity index (χ3v) is 4.93. The number of guanidine groups is 1. The quantitative estimate of drug-likeness (QED) is 0.0573. The third-order valence-electron chi connectivity index (χ3n) is 4.93. The largest absolute Gasteiger partial charge is 0.480 e. The summed E-state index contributed by atoms with van der Waals surface area (Å²) in [5.74, 6) is -5.39. The van der Waals surface area contributed by atoms with E-state index >= 15 is 0 Å². The topological polar surface area (TPSA) is 278 Å². The van der Waals surface area contributed by atoms with Crippen molar-refractivity contribution in [3.8, 4) is 0 Å². The van der Waals surface area contributed by atoms with Crippen LogP contribution in [-0.4, -0.2) is 83.1 Å². The molecule has 0 spiro atoms. The molecule has 0 aromatic heterocycles. The fourth-order valence-corrected chi connectivity index (χ4v) is 2.74. The first-order valence-corrected chi connectivity index (χ1v) is 10.7. The molecule has 15 nitrogen and oxygen atoms in total. The number of carboxylic acid groups (broad SMARTS) is 1. The second-order valence-corrected chi connectivity index (χ2v) is 7.74. The molecule has 0 saturated heterocycles. The van der Waals surface area contributed by atoms with Crippen LogP contribution in [0.3, 0.4) is 0 Å². The van der Waals surface area contributed by atoms with Gasteiger partial charge in [0.15, 0.2) is 5.96 Å². The van der Waals surface area contributed by atoms with Gasteiger partial charge in [0.25, 0.3) is 0 Å². The molecule has 0 bridgehead atoms. The molecule has 0 rings (SSSR count). The number of primary amides is 1. The van der Waals surface area contributed by atoms with Gasteiger partial charge in [-0.15, -0.1) is 0 Å². The second-order valence-electron chi connectivity index (χ2n) is 7.74. The number of carbonyl (C=O) groups excluding carboxylic acids is 4. The molecule has 194 valence electrons. The van der Waals surface area contributed by atoms with Crippen LogP contribution in [0.4, 0.5) is 0 Å². The van der Waals surface area contributed by atoms with Crippen molar-refractivity contribution in [3.63, 3.8) is 0 Å². The monoisotopic (exact) mass is 488 g/mol. The van der Waals surface area contributed by atoms with Crippen molar-refractivity contribution in [2.75, 3.05) is 13.2 Å². The summed E-state index contributed by atoms with van der Waals surface area (Å²) in [5, 5.41) is 24.9. The third kappa shape index (κ3) is 11.4. The number of rotatable bonds is 16. The standard InChI is InChI=1S/C19H36N8O7/c1-3-9(2)14(27-15(30)10(20)5-4-6-24-19(22)23)17(32)25-11(7-13(21)29)16(31)26-12(8-28)18(33)34/h9-12,14,28H,3-8,20H2,1-2H3,(H2,21,29)(H,25,32)(H,26,31)(H,27,30)(H,33,34)(H4,22,23,24). The molecule has 0 aliphatic carbocycles. The Labute approximate surface area is 197 Å². The van der Waals surface area contributed by atoms with Crippen molar-refractivity contribution in [3.05, 3.63) is 0 Å². The van der Waals surface area contributed by atoms with Gasteiger partial charge in [-0.2, -0.15) is 0 Å². The van der Waals surface area contributed by atoms with E-state index in [4.69, 9.17) is 33.1 Å². The van der Waals surface area contributed by atoms with E-state index in [0.717, 1.165) is 0 Å². The Kier molecular flexibility index (Phi) is 13.8. The molecule has 0 aliphatic rings. The maximum absolute atomic E-state index is 12.9. The molecular formula is C19H36N8O7. The van der Waals surface area contributed by atoms with Gasteiger partial charge in [0.1, 0.15) is 18.1 Å². The number of carboxylic acids is 1. The van der Waals surface area contributed by atoms with Crippen LogP contribution in [-0.2, 0) is 24.0 Å². The van der Waals surface area contributed by atoms with Crippen LogP contribution in [0, 0.1) is 5.92 Å². The van der Waals surface area contributed by atoms with Crippen LogP contribution in [0.5, 0.6) is 0 Å². The summed E-state index contributed by atoms with van der Waals surface area (Å²) >= 11 is 0. The smallest absolute Gasteiger partial charge is 0.328 e. The Balaban J connectivity index is 5.37. The predicted octanol–water partition coefficient (Wildman–Crippen LogP) is -4.18. The number of aliphatic hydroxyl groups is 1. The van der Waals surface area contributed by atoms with Crippen LogP contribution >= 0.6 is 0 Å². The number of hydrogen-bond acceptors (Lipinski definition) is 8. The van der Waals surface area contributed by atoms with Crippen molar-refractivity contribution in [1.82, 2.24) is 16.0 Å². The van der Waals surface area contributed by atoms with Crippen molar-refractivity contribution >= 4 is 35.6 Å². The normalized spacial score (nSPS) is 15.1. The summed E-state index contributed by atoms with van der Waals surface area (Å²) in [6.07, 6.45) is 0.488. The number of carbonyl (C=O) groups is 5. The number of nitrogens with zero attached hydrogens (tertiary/aromatic N) is 1. The SMILES string of the molecule is CCC(C)C(NC(=O)C(N)CCCN=C(N)N)C(=O)NC(CC(N)=O)C(=O)NC(CO)C(=O)O. The summed E-state index contributed by atoms with van der Waals surface area (Å²) in [7, 11) is 0. The maximum atomic E-state index is 12.9. The lowest BCUT2D eigenvalue weighted by Crippen LogP contribution is -2.59. The van der Waals surface area contributed by atoms with Crippen LogP contribution in [0.15, 0.2) is 4.99 Å². The lowest BCUT2D eigenvalue weighted by molar-refractivity contribution is -0.143. The van der Waals surface area contributed by atoms with Gasteiger partial charge in [0, 0.05) is 6.54 Å². The highest BCUT2D eigenvalue weighted by molar-refractivity contribution is 5.96. The number of aliphatic imine (C=N–C) groups is 1. The van der Waals surface area contributed by atoms with Gasteiger partial charge < -0.3 is 49.1 Å². The molecule has 5 unspecified atom stereocenters. The highest BCUT2D eigenvalue weighted by Gasteiger charge is 2.33. The molecule has 0 saturated carbocycles. The highest BCUT2D eigenvalue weighted by atomic mass is 16.4. The Morgan fingerprint density at radius 2 is 1.53 bits per heavy atom. The zero-order valence-corrected chi connectivity index (χ0v) is 19.3. The second kappa shape index (κ2) is 15.4. The Bertz CT molecular complexity index is 757. The van der Waals surface area contributed by atoms with Crippen LogP contribution in [0.25, 0.3) is 0 Å². The van der Waals surface area contributed by atoms with E-state index in [0.29, 0.717) is 12.8 Å². The van der Waals surface area contributed by atoms with Crippen molar-refractivity contribution < 1.29 is 34.2 Å². The lowest BCUT2D eigenvalue weighted by Gasteiger charge is -2.27. The minimum Gasteiger partial charge on any atom is -0.480 e. The molecule has 5 atom stereocenters. The molecule has 0 fully saturated rings. The van der Waals surface area contributed by atoms with E-state index in [1.165, 1.54) is 0 Å². The number of hydrogen-bond donors (Lipinski definition) is 9. The first-order chi connectivity index (χ1) is 15.8. The average Bonchev–Trinajstić information content (AvgIpc) is 2.76. The zero-order chi connectivity index (χ0) is 26.4. The minimum absolute atomic E-state index is 0.0882. The zero-order valence-electron chi connectivity index (χ0n) is 19.3. The summed E-state index contributed by atoms with van der Waals surface area (Å²) in [6.45, 7) is 2.82. The van der Waals surface area contributed by atoms with Crippen LogP contribution in [0.2, 0.25) is 0 Å². The molecule has 0 aliphatic heterocycles. The fraction of sp³-hybridized carbons (Fsp3) is 0.684. The summed E-state index contributed by atoms with van der Waals surface area (Å²) in [5.41, 5.74) is 21.5. The molecule has 15 heteroatoms. The Morgan fingerprint density at radius 1 is 0.941 bits per heavy atom. The van der Waals surface area contributed by atoms with Crippen molar-refractivity contribution in [1.29, 1.82) is 0 Å². The Hall–Kier alpha value is -3.46. The number of amides is 4. The number of nitrogens with two attached hydrogens (primary N) is 4. The molecule has 0 heterocycles. The van der Waals surface area contributed by atoms with Gasteiger partial charge in [-0.1, -0.05) is 20.3 Å². The first-order valence-electron chi connectivity index (χ1n) is 10.7. The van der Waals surface area contributed by atoms with Crippen molar-refractivity contribution in [2.45, 2.75) is 63.7 Å². The van der Waals surface area contributed by atoms with E-state index in [1.807, 2.05) is 5.32 Å². The fourth-order valence-electron chi connectivity index (χ4n) is 2.74. The predicted molar refractivity (Wildman–Crippen MR) is 122 cm³/mol. The van der Waals surface area contributed by atoms with Gasteiger partial charge in [-0.05, 0) is 18.8 Å². The highest BCUT2D eigenvalue weighted by Crippen LogP contribution is 2.10. The molecule has 0 radical (unpaired) electrons. The number of aliphatic hydroxyl groups excluding tert-OH is 1. The molecule has 0 aromatic rings.